The normalized spacial score (nSPS) is 14.3. The quantitative estimate of drug-likeness (QED) is 0.775. The van der Waals surface area contributed by atoms with Gasteiger partial charge in [0.25, 0.3) is 5.91 Å². The monoisotopic (exact) mass is 384 g/mol. The van der Waals surface area contributed by atoms with Crippen molar-refractivity contribution < 1.29 is 19.1 Å². The zero-order valence-electron chi connectivity index (χ0n) is 14.9. The molecule has 7 heteroatoms. The van der Waals surface area contributed by atoms with Gasteiger partial charge in [-0.15, -0.1) is 11.8 Å². The highest BCUT2D eigenvalue weighted by atomic mass is 32.2. The summed E-state index contributed by atoms with van der Waals surface area (Å²) in [6.45, 7) is 1.27. The molecule has 0 saturated carbocycles. The molecule has 0 bridgehead atoms. The fourth-order valence-corrected chi connectivity index (χ4v) is 3.69. The summed E-state index contributed by atoms with van der Waals surface area (Å²) < 4.78 is 5.06. The molecule has 3 rings (SSSR count). The minimum atomic E-state index is -0.618. The van der Waals surface area contributed by atoms with E-state index in [4.69, 9.17) is 4.74 Å². The molecule has 0 spiro atoms. The fourth-order valence-electron chi connectivity index (χ4n) is 2.76. The molecule has 2 amide bonds. The summed E-state index contributed by atoms with van der Waals surface area (Å²) in [6, 6.07) is 16.7. The molecule has 2 aromatic carbocycles. The number of hydrogen-bond acceptors (Lipinski definition) is 5. The molecule has 1 heterocycles. The molecule has 6 nitrogen and oxygen atoms in total. The predicted octanol–water partition coefficient (Wildman–Crippen LogP) is 2.55. The van der Waals surface area contributed by atoms with Gasteiger partial charge in [-0.05, 0) is 24.6 Å². The molecule has 0 saturated heterocycles. The summed E-state index contributed by atoms with van der Waals surface area (Å²) in [7, 11) is 0. The van der Waals surface area contributed by atoms with Crippen molar-refractivity contribution >= 4 is 35.2 Å². The Balaban J connectivity index is 1.51. The number of fused-ring (bicyclic) bond motifs is 1. The van der Waals surface area contributed by atoms with E-state index in [9.17, 15) is 14.4 Å². The minimum absolute atomic E-state index is 0.155. The van der Waals surface area contributed by atoms with E-state index in [2.05, 4.69) is 5.32 Å². The largest absolute Gasteiger partial charge is 0.454 e. The van der Waals surface area contributed by atoms with Crippen molar-refractivity contribution in [3.63, 3.8) is 0 Å². The van der Waals surface area contributed by atoms with E-state index in [0.29, 0.717) is 5.69 Å². The molecule has 27 heavy (non-hydrogen) atoms. The van der Waals surface area contributed by atoms with Crippen LogP contribution in [0, 0.1) is 0 Å². The van der Waals surface area contributed by atoms with Crippen LogP contribution < -0.4 is 10.2 Å². The average molecular weight is 384 g/mol. The number of ether oxygens (including phenoxy) is 1. The second-order valence-electron chi connectivity index (χ2n) is 6.10. The third-order valence-corrected chi connectivity index (χ3v) is 5.18. The van der Waals surface area contributed by atoms with Crippen LogP contribution >= 0.6 is 11.8 Å². The molecule has 1 N–H and O–H groups in total. The third-order valence-electron chi connectivity index (χ3n) is 4.14. The molecule has 0 aliphatic carbocycles. The Labute approximate surface area is 161 Å². The Morgan fingerprint density at radius 3 is 2.63 bits per heavy atom. The van der Waals surface area contributed by atoms with Gasteiger partial charge in [-0.1, -0.05) is 42.5 Å². The molecule has 0 aromatic heterocycles. The molecule has 0 unspecified atom stereocenters. The Bertz CT molecular complexity index is 841. The second-order valence-corrected chi connectivity index (χ2v) is 7.11. The number of carbonyl (C=O) groups excluding carboxylic acids is 3. The lowest BCUT2D eigenvalue weighted by molar-refractivity contribution is -0.147. The van der Waals surface area contributed by atoms with E-state index >= 15 is 0 Å². The van der Waals surface area contributed by atoms with Crippen LogP contribution in [0.2, 0.25) is 0 Å². The maximum absolute atomic E-state index is 12.2. The average Bonchev–Trinajstić information content (AvgIpc) is 2.69. The van der Waals surface area contributed by atoms with Gasteiger partial charge in [0, 0.05) is 4.90 Å². The van der Waals surface area contributed by atoms with Crippen molar-refractivity contribution in [3.8, 4) is 0 Å². The van der Waals surface area contributed by atoms with E-state index in [1.54, 1.807) is 6.07 Å². The van der Waals surface area contributed by atoms with Crippen LogP contribution in [-0.4, -0.2) is 36.7 Å². The maximum Gasteiger partial charge on any atom is 0.326 e. The summed E-state index contributed by atoms with van der Waals surface area (Å²) >= 11 is 1.44. The van der Waals surface area contributed by atoms with Crippen LogP contribution in [0.4, 0.5) is 5.69 Å². The number of para-hydroxylation sites is 1. The van der Waals surface area contributed by atoms with E-state index < -0.39 is 5.97 Å². The zero-order chi connectivity index (χ0) is 19.2. The first-order valence-corrected chi connectivity index (χ1v) is 9.55. The highest BCUT2D eigenvalue weighted by molar-refractivity contribution is 8.00. The van der Waals surface area contributed by atoms with Crippen molar-refractivity contribution in [1.82, 2.24) is 5.32 Å². The smallest absolute Gasteiger partial charge is 0.326 e. The first kappa shape index (κ1) is 19.0. The number of thioether (sulfide) groups is 1. The van der Waals surface area contributed by atoms with Crippen LogP contribution in [0.3, 0.4) is 0 Å². The predicted molar refractivity (Wildman–Crippen MR) is 103 cm³/mol. The van der Waals surface area contributed by atoms with Crippen LogP contribution in [0.15, 0.2) is 59.5 Å². The molecule has 0 radical (unpaired) electrons. The van der Waals surface area contributed by atoms with E-state index in [1.165, 1.54) is 16.7 Å². The molecule has 0 fully saturated rings. The van der Waals surface area contributed by atoms with E-state index in [0.717, 1.165) is 10.5 Å². The lowest BCUT2D eigenvalue weighted by atomic mass is 10.1. The van der Waals surface area contributed by atoms with Crippen molar-refractivity contribution in [3.05, 3.63) is 60.2 Å². The fraction of sp³-hybridized carbons (Fsp3) is 0.250. The molecular formula is C20H20N2O4S. The molecule has 1 atom stereocenters. The summed E-state index contributed by atoms with van der Waals surface area (Å²) in [5.74, 6) is -0.884. The summed E-state index contributed by atoms with van der Waals surface area (Å²) in [5.41, 5.74) is 1.66. The van der Waals surface area contributed by atoms with Gasteiger partial charge in [-0.25, -0.2) is 0 Å². The highest BCUT2D eigenvalue weighted by Crippen LogP contribution is 2.34. The van der Waals surface area contributed by atoms with E-state index in [-0.39, 0.29) is 36.8 Å². The van der Waals surface area contributed by atoms with Crippen LogP contribution in [0.5, 0.6) is 0 Å². The van der Waals surface area contributed by atoms with Crippen LogP contribution in [0.25, 0.3) is 0 Å². The highest BCUT2D eigenvalue weighted by Gasteiger charge is 2.27. The van der Waals surface area contributed by atoms with Crippen LogP contribution in [-0.2, 0) is 19.1 Å². The van der Waals surface area contributed by atoms with Crippen LogP contribution in [0.1, 0.15) is 18.5 Å². The standard InChI is InChI=1S/C20H20N2O4S/c1-14(15-7-3-2-4-8-15)21-18(23)12-26-20(25)11-22-16-9-5-6-10-17(16)27-13-19(22)24/h2-10,14H,11-13H2,1H3,(H,21,23)/t14-/m0/s1. The summed E-state index contributed by atoms with van der Waals surface area (Å²) in [4.78, 5) is 38.6. The van der Waals surface area contributed by atoms with Gasteiger partial charge in [-0.3, -0.25) is 19.3 Å². The number of nitrogens with one attached hydrogen (secondary N) is 1. The van der Waals surface area contributed by atoms with Gasteiger partial charge >= 0.3 is 5.97 Å². The van der Waals surface area contributed by atoms with Crippen molar-refractivity contribution in [2.75, 3.05) is 23.8 Å². The number of esters is 1. The molecule has 1 aliphatic rings. The first-order valence-electron chi connectivity index (χ1n) is 8.56. The van der Waals surface area contributed by atoms with Gasteiger partial charge in [0.15, 0.2) is 6.61 Å². The minimum Gasteiger partial charge on any atom is -0.454 e. The maximum atomic E-state index is 12.2. The Morgan fingerprint density at radius 2 is 1.85 bits per heavy atom. The number of rotatable bonds is 6. The van der Waals surface area contributed by atoms with Crippen molar-refractivity contribution in [2.45, 2.75) is 17.9 Å². The molecule has 140 valence electrons. The van der Waals surface area contributed by atoms with Gasteiger partial charge in [-0.2, -0.15) is 0 Å². The third kappa shape index (κ3) is 4.89. The topological polar surface area (TPSA) is 75.7 Å². The zero-order valence-corrected chi connectivity index (χ0v) is 15.7. The Morgan fingerprint density at radius 1 is 1.15 bits per heavy atom. The second kappa shape index (κ2) is 8.73. The number of benzene rings is 2. The van der Waals surface area contributed by atoms with E-state index in [1.807, 2.05) is 55.5 Å². The van der Waals surface area contributed by atoms with Gasteiger partial charge < -0.3 is 10.1 Å². The van der Waals surface area contributed by atoms with Gasteiger partial charge in [0.2, 0.25) is 5.91 Å². The first-order chi connectivity index (χ1) is 13.0. The molecule has 2 aromatic rings. The summed E-state index contributed by atoms with van der Waals surface area (Å²) in [5, 5.41) is 2.78. The van der Waals surface area contributed by atoms with Crippen molar-refractivity contribution in [1.29, 1.82) is 0 Å². The van der Waals surface area contributed by atoms with Gasteiger partial charge in [0.05, 0.1) is 17.5 Å². The number of nitrogens with zero attached hydrogens (tertiary/aromatic N) is 1. The number of amides is 2. The van der Waals surface area contributed by atoms with Gasteiger partial charge in [0.1, 0.15) is 6.54 Å². The number of hydrogen-bond donors (Lipinski definition) is 1. The Kier molecular flexibility index (Phi) is 6.13. The lowest BCUT2D eigenvalue weighted by Crippen LogP contribution is -2.40. The molecular weight excluding hydrogens is 364 g/mol. The molecule has 1 aliphatic heterocycles. The number of carbonyl (C=O) groups is 3. The SMILES string of the molecule is C[C@H](NC(=O)COC(=O)CN1C(=O)CSc2ccccc21)c1ccccc1. The Hall–Kier alpha value is -2.80. The number of anilines is 1. The lowest BCUT2D eigenvalue weighted by Gasteiger charge is -2.27. The van der Waals surface area contributed by atoms with Crippen molar-refractivity contribution in [2.24, 2.45) is 0 Å². The summed E-state index contributed by atoms with van der Waals surface area (Å²) in [6.07, 6.45) is 0.